The summed E-state index contributed by atoms with van der Waals surface area (Å²) in [6.45, 7) is 14.4. The first-order valence-corrected chi connectivity index (χ1v) is 24.6. The summed E-state index contributed by atoms with van der Waals surface area (Å²) in [4.78, 5) is 0. The highest BCUT2D eigenvalue weighted by Gasteiger charge is 2.46. The first-order chi connectivity index (χ1) is 34.4. The molecule has 0 radical (unpaired) electrons. The van der Waals surface area contributed by atoms with E-state index in [-0.39, 0.29) is 16.2 Å². The molecule has 0 aliphatic heterocycles. The summed E-state index contributed by atoms with van der Waals surface area (Å²) in [6.07, 6.45) is 0. The van der Waals surface area contributed by atoms with Crippen LogP contribution >= 0.6 is 0 Å². The van der Waals surface area contributed by atoms with Crippen molar-refractivity contribution in [3.8, 4) is 67.8 Å². The van der Waals surface area contributed by atoms with E-state index in [4.69, 9.17) is 8.83 Å². The third-order valence-electron chi connectivity index (χ3n) is 17.1. The highest BCUT2D eigenvalue weighted by molar-refractivity contribution is 6.20. The van der Waals surface area contributed by atoms with Crippen molar-refractivity contribution >= 4 is 65.4 Å². The lowest BCUT2D eigenvalue weighted by atomic mass is 9.78. The van der Waals surface area contributed by atoms with Crippen molar-refractivity contribution in [2.45, 2.75) is 57.8 Å². The van der Waals surface area contributed by atoms with Gasteiger partial charge < -0.3 is 8.83 Å². The van der Waals surface area contributed by atoms with E-state index >= 15 is 0 Å². The van der Waals surface area contributed by atoms with Crippen LogP contribution in [0.25, 0.3) is 121 Å². The molecule has 334 valence electrons. The number of benzene rings is 10. The minimum absolute atomic E-state index is 0.263. The minimum atomic E-state index is -0.299. The number of para-hydroxylation sites is 2. The van der Waals surface area contributed by atoms with Gasteiger partial charge in [-0.3, -0.25) is 0 Å². The average Bonchev–Trinajstić information content (AvgIpc) is 4.14. The van der Waals surface area contributed by atoms with Crippen molar-refractivity contribution in [1.82, 2.24) is 0 Å². The Kier molecular flexibility index (Phi) is 7.55. The van der Waals surface area contributed by atoms with Crippen molar-refractivity contribution in [3.05, 3.63) is 202 Å². The Morgan fingerprint density at radius 2 is 0.662 bits per heavy atom. The van der Waals surface area contributed by atoms with Crippen LogP contribution in [-0.4, -0.2) is 0 Å². The molecule has 4 heteroatoms. The van der Waals surface area contributed by atoms with Crippen molar-refractivity contribution in [3.63, 3.8) is 0 Å². The Hall–Kier alpha value is -8.70. The molecule has 0 saturated heterocycles. The van der Waals surface area contributed by atoms with Gasteiger partial charge in [0, 0.05) is 37.8 Å². The van der Waals surface area contributed by atoms with Gasteiger partial charge in [-0.05, 0) is 171 Å². The number of hydrogen-bond donors (Lipinski definition) is 0. The van der Waals surface area contributed by atoms with E-state index in [9.17, 15) is 10.5 Å². The SMILES string of the molecule is CC1(C)c2cc3c(cc2-c2cc4c(cc21)-c1c(cc(-c2cccc5oc6c(C#N)cccc6c25)c2ccccc12)C4(C)C)C(C)(C)c1cc(-c2cccc4oc5c(C#N)cccc5c24)c2ccccc2c1-3. The van der Waals surface area contributed by atoms with Gasteiger partial charge in [0.25, 0.3) is 0 Å². The zero-order valence-electron chi connectivity index (χ0n) is 40.2. The molecule has 0 fully saturated rings. The third kappa shape index (κ3) is 4.92. The molecular weight excluding hydrogens is 865 g/mol. The monoisotopic (exact) mass is 908 g/mol. The first kappa shape index (κ1) is 40.2. The van der Waals surface area contributed by atoms with E-state index in [2.05, 4.69) is 175 Å². The maximum absolute atomic E-state index is 10.0. The zero-order chi connectivity index (χ0) is 48.0. The molecule has 71 heavy (non-hydrogen) atoms. The van der Waals surface area contributed by atoms with Crippen LogP contribution < -0.4 is 0 Å². The average molecular weight is 909 g/mol. The molecule has 0 saturated carbocycles. The van der Waals surface area contributed by atoms with Crippen LogP contribution in [-0.2, 0) is 16.2 Å². The van der Waals surface area contributed by atoms with Crippen LogP contribution in [0.4, 0.5) is 0 Å². The number of nitriles is 2. The molecule has 3 aliphatic rings. The van der Waals surface area contributed by atoms with Gasteiger partial charge in [-0.25, -0.2) is 0 Å². The molecule has 0 spiro atoms. The molecule has 0 unspecified atom stereocenters. The summed E-state index contributed by atoms with van der Waals surface area (Å²) in [5.74, 6) is 0. The van der Waals surface area contributed by atoms with E-state index in [1.54, 1.807) is 0 Å². The smallest absolute Gasteiger partial charge is 0.153 e. The van der Waals surface area contributed by atoms with Crippen molar-refractivity contribution in [1.29, 1.82) is 10.5 Å². The van der Waals surface area contributed by atoms with Crippen molar-refractivity contribution in [2.24, 2.45) is 0 Å². The molecule has 12 aromatic rings. The molecule has 2 heterocycles. The minimum Gasteiger partial charge on any atom is -0.455 e. The van der Waals surface area contributed by atoms with Gasteiger partial charge in [0.05, 0.1) is 11.1 Å². The standard InChI is InChI=1S/C67H44N2O2/c1-65(2)51-31-49-53(66(3,4)55-27-45(37-17-7-9-19-39(37)59(49)55)41-21-13-25-57-61(41)43-23-11-15-35(33-68)63(43)70-57)29-47(51)48-30-54-50(32-52(48)65)60-40-20-10-8-18-38(40)46(28-56(60)67(54,5)6)42-22-14-26-58-62(42)44-24-12-16-36(34-69)64(44)71-58/h7-32H,1-6H3. The van der Waals surface area contributed by atoms with Crippen LogP contribution in [0.1, 0.15) is 86.1 Å². The number of furan rings is 2. The van der Waals surface area contributed by atoms with Crippen LogP contribution in [0.2, 0.25) is 0 Å². The molecular formula is C67H44N2O2. The summed E-state index contributed by atoms with van der Waals surface area (Å²) in [5, 5.41) is 28.9. The second-order valence-electron chi connectivity index (χ2n) is 21.7. The Morgan fingerprint density at radius 3 is 1.08 bits per heavy atom. The third-order valence-corrected chi connectivity index (χ3v) is 17.1. The Labute approximate surface area is 410 Å². The lowest BCUT2D eigenvalue weighted by Crippen LogP contribution is -2.17. The number of fused-ring (bicyclic) bond motifs is 19. The van der Waals surface area contributed by atoms with E-state index < -0.39 is 0 Å². The molecule has 0 bridgehead atoms. The van der Waals surface area contributed by atoms with Crippen molar-refractivity contribution < 1.29 is 8.83 Å². The quantitative estimate of drug-likeness (QED) is 0.173. The number of nitrogens with zero attached hydrogens (tertiary/aromatic N) is 2. The summed E-state index contributed by atoms with van der Waals surface area (Å²) >= 11 is 0. The molecule has 0 atom stereocenters. The Bertz CT molecular complexity index is 4280. The Morgan fingerprint density at radius 1 is 0.324 bits per heavy atom. The second kappa shape index (κ2) is 13.3. The predicted molar refractivity (Wildman–Crippen MR) is 289 cm³/mol. The zero-order valence-corrected chi connectivity index (χ0v) is 40.2. The predicted octanol–water partition coefficient (Wildman–Crippen LogP) is 17.8. The summed E-state index contributed by atoms with van der Waals surface area (Å²) in [5.41, 5.74) is 23.6. The molecule has 0 amide bonds. The maximum Gasteiger partial charge on any atom is 0.153 e. The van der Waals surface area contributed by atoms with E-state index in [0.29, 0.717) is 22.3 Å². The van der Waals surface area contributed by atoms with Crippen LogP contribution in [0.15, 0.2) is 167 Å². The van der Waals surface area contributed by atoms with Crippen LogP contribution in [0, 0.1) is 22.7 Å². The number of hydrogen-bond acceptors (Lipinski definition) is 4. The van der Waals surface area contributed by atoms with Crippen LogP contribution in [0.5, 0.6) is 0 Å². The second-order valence-corrected chi connectivity index (χ2v) is 21.7. The van der Waals surface area contributed by atoms with E-state index in [0.717, 1.165) is 43.8 Å². The van der Waals surface area contributed by atoms with Gasteiger partial charge in [0.1, 0.15) is 23.3 Å². The van der Waals surface area contributed by atoms with Crippen molar-refractivity contribution in [2.75, 3.05) is 0 Å². The van der Waals surface area contributed by atoms with Gasteiger partial charge in [-0.15, -0.1) is 0 Å². The van der Waals surface area contributed by atoms with Gasteiger partial charge in [0.2, 0.25) is 0 Å². The summed E-state index contributed by atoms with van der Waals surface area (Å²) < 4.78 is 12.8. The summed E-state index contributed by atoms with van der Waals surface area (Å²) in [7, 11) is 0. The Balaban J connectivity index is 0.913. The molecule has 2 aromatic heterocycles. The lowest BCUT2D eigenvalue weighted by molar-refractivity contribution is 0.649. The number of rotatable bonds is 2. The normalized spacial score (nSPS) is 15.2. The van der Waals surface area contributed by atoms with Gasteiger partial charge in [-0.2, -0.15) is 10.5 Å². The molecule has 4 nitrogen and oxygen atoms in total. The van der Waals surface area contributed by atoms with E-state index in [1.165, 1.54) is 99.4 Å². The first-order valence-electron chi connectivity index (χ1n) is 24.6. The molecule has 15 rings (SSSR count). The largest absolute Gasteiger partial charge is 0.455 e. The molecule has 3 aliphatic carbocycles. The molecule has 0 N–H and O–H groups in total. The van der Waals surface area contributed by atoms with Gasteiger partial charge in [-0.1, -0.05) is 139 Å². The summed E-state index contributed by atoms with van der Waals surface area (Å²) in [6, 6.07) is 61.9. The van der Waals surface area contributed by atoms with E-state index in [1.807, 2.05) is 36.4 Å². The fourth-order valence-corrected chi connectivity index (χ4v) is 13.6. The highest BCUT2D eigenvalue weighted by Crippen LogP contribution is 2.62. The fourth-order valence-electron chi connectivity index (χ4n) is 13.6. The topological polar surface area (TPSA) is 73.9 Å². The van der Waals surface area contributed by atoms with Gasteiger partial charge >= 0.3 is 0 Å². The van der Waals surface area contributed by atoms with Crippen LogP contribution in [0.3, 0.4) is 0 Å². The highest BCUT2D eigenvalue weighted by atomic mass is 16.3. The van der Waals surface area contributed by atoms with Gasteiger partial charge in [0.15, 0.2) is 11.2 Å². The fraction of sp³-hybridized carbons (Fsp3) is 0.134. The molecule has 10 aromatic carbocycles. The maximum atomic E-state index is 10.0. The lowest BCUT2D eigenvalue weighted by Gasteiger charge is -2.25.